The van der Waals surface area contributed by atoms with Gasteiger partial charge in [-0.1, -0.05) is 0 Å². The number of hydrogen-bond donors (Lipinski definition) is 1. The van der Waals surface area contributed by atoms with Gasteiger partial charge in [0.05, 0.1) is 6.54 Å². The van der Waals surface area contributed by atoms with E-state index in [9.17, 15) is 18.0 Å². The number of carbonyl (C=O) groups is 1. The molecule has 1 N–H and O–H groups in total. The standard InChI is InChI=1S/C12H16F3N5O/c1-19(8-11(21)20-6-4-16-5-7-20)10-3-2-9(17-18-10)12(13,14)15/h2-3,16H,4-8H2,1H3. The van der Waals surface area contributed by atoms with E-state index in [1.807, 2.05) is 0 Å². The number of piperazine rings is 1. The first-order valence-corrected chi connectivity index (χ1v) is 6.48. The van der Waals surface area contributed by atoms with Crippen LogP contribution in [0, 0.1) is 0 Å². The summed E-state index contributed by atoms with van der Waals surface area (Å²) in [5.74, 6) is 0.146. The smallest absolute Gasteiger partial charge is 0.349 e. The van der Waals surface area contributed by atoms with Crippen molar-refractivity contribution in [1.82, 2.24) is 20.4 Å². The van der Waals surface area contributed by atoms with Crippen LogP contribution in [-0.2, 0) is 11.0 Å². The van der Waals surface area contributed by atoms with E-state index in [4.69, 9.17) is 0 Å². The van der Waals surface area contributed by atoms with Gasteiger partial charge in [-0.15, -0.1) is 10.2 Å². The van der Waals surface area contributed by atoms with E-state index in [1.165, 1.54) is 11.0 Å². The average Bonchev–Trinajstić information content (AvgIpc) is 2.47. The van der Waals surface area contributed by atoms with Gasteiger partial charge in [0.25, 0.3) is 0 Å². The fourth-order valence-electron chi connectivity index (χ4n) is 1.98. The van der Waals surface area contributed by atoms with Crippen LogP contribution in [0.1, 0.15) is 5.69 Å². The third kappa shape index (κ3) is 4.03. The molecule has 6 nitrogen and oxygen atoms in total. The number of likely N-dealkylation sites (N-methyl/N-ethyl adjacent to an activating group) is 1. The molecule has 1 aliphatic rings. The zero-order valence-electron chi connectivity index (χ0n) is 11.5. The van der Waals surface area contributed by atoms with E-state index in [-0.39, 0.29) is 18.3 Å². The summed E-state index contributed by atoms with van der Waals surface area (Å²) in [5.41, 5.74) is -1.05. The lowest BCUT2D eigenvalue weighted by molar-refractivity contribution is -0.141. The van der Waals surface area contributed by atoms with E-state index in [2.05, 4.69) is 15.5 Å². The Balaban J connectivity index is 1.96. The molecule has 0 atom stereocenters. The van der Waals surface area contributed by atoms with Gasteiger partial charge in [-0.3, -0.25) is 4.79 Å². The zero-order chi connectivity index (χ0) is 15.5. The Kier molecular flexibility index (Phi) is 4.61. The van der Waals surface area contributed by atoms with Gasteiger partial charge in [-0.2, -0.15) is 13.2 Å². The summed E-state index contributed by atoms with van der Waals surface area (Å²) in [5, 5.41) is 9.79. The lowest BCUT2D eigenvalue weighted by Crippen LogP contribution is -2.49. The van der Waals surface area contributed by atoms with E-state index >= 15 is 0 Å². The largest absolute Gasteiger partial charge is 0.435 e. The number of amides is 1. The molecular formula is C12H16F3N5O. The molecule has 1 aliphatic heterocycles. The normalized spacial score (nSPS) is 15.9. The van der Waals surface area contributed by atoms with Gasteiger partial charge in [-0.05, 0) is 12.1 Å². The van der Waals surface area contributed by atoms with Crippen molar-refractivity contribution in [3.8, 4) is 0 Å². The van der Waals surface area contributed by atoms with Gasteiger partial charge < -0.3 is 15.1 Å². The molecule has 2 heterocycles. The van der Waals surface area contributed by atoms with E-state index in [0.29, 0.717) is 13.1 Å². The maximum Gasteiger partial charge on any atom is 0.435 e. The number of aromatic nitrogens is 2. The van der Waals surface area contributed by atoms with Crippen molar-refractivity contribution >= 4 is 11.7 Å². The third-order valence-electron chi connectivity index (χ3n) is 3.17. The van der Waals surface area contributed by atoms with Crippen molar-refractivity contribution in [2.45, 2.75) is 6.18 Å². The molecule has 0 unspecified atom stereocenters. The number of nitrogens with zero attached hydrogens (tertiary/aromatic N) is 4. The Morgan fingerprint density at radius 1 is 1.33 bits per heavy atom. The first-order valence-electron chi connectivity index (χ1n) is 6.48. The van der Waals surface area contributed by atoms with Crippen LogP contribution in [0.15, 0.2) is 12.1 Å². The highest BCUT2D eigenvalue weighted by Gasteiger charge is 2.33. The molecule has 2 rings (SSSR count). The molecule has 0 bridgehead atoms. The summed E-state index contributed by atoms with van der Waals surface area (Å²) >= 11 is 0. The predicted octanol–water partition coefficient (Wildman–Crippen LogP) is 0.363. The second-order valence-corrected chi connectivity index (χ2v) is 4.76. The Morgan fingerprint density at radius 2 is 2.00 bits per heavy atom. The molecule has 0 aliphatic carbocycles. The zero-order valence-corrected chi connectivity index (χ0v) is 11.5. The molecule has 9 heteroatoms. The highest BCUT2D eigenvalue weighted by atomic mass is 19.4. The fourth-order valence-corrected chi connectivity index (χ4v) is 1.98. The van der Waals surface area contributed by atoms with Gasteiger partial charge in [0.2, 0.25) is 5.91 Å². The predicted molar refractivity (Wildman–Crippen MR) is 69.8 cm³/mol. The lowest BCUT2D eigenvalue weighted by atomic mass is 10.3. The SMILES string of the molecule is CN(CC(=O)N1CCNCC1)c1ccc(C(F)(F)F)nn1. The number of rotatable bonds is 3. The minimum atomic E-state index is -4.51. The van der Waals surface area contributed by atoms with Crippen molar-refractivity contribution in [3.63, 3.8) is 0 Å². The van der Waals surface area contributed by atoms with Crippen molar-refractivity contribution in [1.29, 1.82) is 0 Å². The Labute approximate surface area is 119 Å². The van der Waals surface area contributed by atoms with Crippen molar-refractivity contribution < 1.29 is 18.0 Å². The number of nitrogens with one attached hydrogen (secondary N) is 1. The molecule has 1 amide bonds. The van der Waals surface area contributed by atoms with Gasteiger partial charge in [0.15, 0.2) is 11.5 Å². The van der Waals surface area contributed by atoms with Gasteiger partial charge >= 0.3 is 6.18 Å². The Morgan fingerprint density at radius 3 is 2.52 bits per heavy atom. The summed E-state index contributed by atoms with van der Waals surface area (Å²) in [7, 11) is 1.59. The van der Waals surface area contributed by atoms with Crippen LogP contribution < -0.4 is 10.2 Å². The van der Waals surface area contributed by atoms with E-state index in [1.54, 1.807) is 11.9 Å². The highest BCUT2D eigenvalue weighted by Crippen LogP contribution is 2.27. The molecule has 0 spiro atoms. The monoisotopic (exact) mass is 303 g/mol. The molecule has 21 heavy (non-hydrogen) atoms. The first-order chi connectivity index (χ1) is 9.88. The fraction of sp³-hybridized carbons (Fsp3) is 0.583. The van der Waals surface area contributed by atoms with Crippen molar-refractivity contribution in [3.05, 3.63) is 17.8 Å². The first kappa shape index (κ1) is 15.5. The molecule has 1 fully saturated rings. The average molecular weight is 303 g/mol. The lowest BCUT2D eigenvalue weighted by Gasteiger charge is -2.29. The quantitative estimate of drug-likeness (QED) is 0.874. The topological polar surface area (TPSA) is 61.4 Å². The van der Waals surface area contributed by atoms with Gasteiger partial charge in [0.1, 0.15) is 0 Å². The van der Waals surface area contributed by atoms with Crippen LogP contribution >= 0.6 is 0 Å². The van der Waals surface area contributed by atoms with Gasteiger partial charge in [0, 0.05) is 33.2 Å². The Hall–Kier alpha value is -1.90. The maximum absolute atomic E-state index is 12.4. The molecule has 1 saturated heterocycles. The number of carbonyl (C=O) groups excluding carboxylic acids is 1. The Bertz CT molecular complexity index is 485. The van der Waals surface area contributed by atoms with Crippen molar-refractivity contribution in [2.24, 2.45) is 0 Å². The van der Waals surface area contributed by atoms with Crippen LogP contribution in [0.2, 0.25) is 0 Å². The number of halogens is 3. The second-order valence-electron chi connectivity index (χ2n) is 4.76. The van der Waals surface area contributed by atoms with Crippen molar-refractivity contribution in [2.75, 3.05) is 44.7 Å². The molecule has 116 valence electrons. The molecule has 0 saturated carbocycles. The van der Waals surface area contributed by atoms with Crippen LogP contribution in [0.3, 0.4) is 0 Å². The molecule has 0 radical (unpaired) electrons. The summed E-state index contributed by atoms with van der Waals surface area (Å²) < 4.78 is 37.2. The van der Waals surface area contributed by atoms with Crippen LogP contribution in [0.25, 0.3) is 0 Å². The van der Waals surface area contributed by atoms with E-state index in [0.717, 1.165) is 19.2 Å². The van der Waals surface area contributed by atoms with Crippen LogP contribution in [-0.4, -0.2) is 60.8 Å². The molecule has 1 aromatic rings. The molecule has 0 aromatic carbocycles. The summed E-state index contributed by atoms with van der Waals surface area (Å²) in [6, 6.07) is 2.06. The van der Waals surface area contributed by atoms with Crippen LogP contribution in [0.5, 0.6) is 0 Å². The molecule has 1 aromatic heterocycles. The summed E-state index contributed by atoms with van der Waals surface area (Å²) in [4.78, 5) is 15.2. The number of alkyl halides is 3. The minimum absolute atomic E-state index is 0.0556. The summed E-state index contributed by atoms with van der Waals surface area (Å²) in [6.07, 6.45) is -4.51. The maximum atomic E-state index is 12.4. The summed E-state index contributed by atoms with van der Waals surface area (Å²) in [6.45, 7) is 2.81. The third-order valence-corrected chi connectivity index (χ3v) is 3.17. The van der Waals surface area contributed by atoms with Crippen LogP contribution in [0.4, 0.5) is 19.0 Å². The second kappa shape index (κ2) is 6.25. The highest BCUT2D eigenvalue weighted by molar-refractivity contribution is 5.81. The van der Waals surface area contributed by atoms with Gasteiger partial charge in [-0.25, -0.2) is 0 Å². The molecular weight excluding hydrogens is 287 g/mol. The number of anilines is 1. The minimum Gasteiger partial charge on any atom is -0.349 e. The van der Waals surface area contributed by atoms with E-state index < -0.39 is 11.9 Å². The number of hydrogen-bond acceptors (Lipinski definition) is 5.